The van der Waals surface area contributed by atoms with Crippen LogP contribution in [0.2, 0.25) is 0 Å². The average Bonchev–Trinajstić information content (AvgIpc) is 3.14. The van der Waals surface area contributed by atoms with Crippen LogP contribution in [0.1, 0.15) is 42.0 Å². The van der Waals surface area contributed by atoms with E-state index in [0.29, 0.717) is 18.4 Å². The molecule has 0 aliphatic carbocycles. The number of cyclic esters (lactones) is 1. The SMILES string of the molecule is CC(C)c1ccc(C2=N/C(=C\c3ccc(OCc4ccc(Br)cc4)cc3)C(=O)O2)cc1. The number of hydrogen-bond acceptors (Lipinski definition) is 4. The summed E-state index contributed by atoms with van der Waals surface area (Å²) in [7, 11) is 0. The summed E-state index contributed by atoms with van der Waals surface area (Å²) in [5.41, 5.74) is 4.24. The van der Waals surface area contributed by atoms with Gasteiger partial charge >= 0.3 is 5.97 Å². The fourth-order valence-corrected chi connectivity index (χ4v) is 3.37. The smallest absolute Gasteiger partial charge is 0.363 e. The van der Waals surface area contributed by atoms with Crippen molar-refractivity contribution in [2.24, 2.45) is 4.99 Å². The van der Waals surface area contributed by atoms with Crippen molar-refractivity contribution in [3.05, 3.63) is 105 Å². The van der Waals surface area contributed by atoms with Gasteiger partial charge in [0, 0.05) is 10.0 Å². The van der Waals surface area contributed by atoms with E-state index in [2.05, 4.69) is 34.8 Å². The highest BCUT2D eigenvalue weighted by atomic mass is 79.9. The summed E-state index contributed by atoms with van der Waals surface area (Å²) in [6.07, 6.45) is 1.72. The van der Waals surface area contributed by atoms with Crippen molar-refractivity contribution in [3.8, 4) is 5.75 Å². The summed E-state index contributed by atoms with van der Waals surface area (Å²) in [5, 5.41) is 0. The van der Waals surface area contributed by atoms with Crippen LogP contribution in [0.4, 0.5) is 0 Å². The molecule has 1 heterocycles. The Bertz CT molecular complexity index is 1130. The quantitative estimate of drug-likeness (QED) is 0.302. The fourth-order valence-electron chi connectivity index (χ4n) is 3.11. The maximum atomic E-state index is 12.3. The number of carbonyl (C=O) groups is 1. The van der Waals surface area contributed by atoms with Crippen LogP contribution in [-0.2, 0) is 16.1 Å². The lowest BCUT2D eigenvalue weighted by Crippen LogP contribution is -2.05. The van der Waals surface area contributed by atoms with Crippen molar-refractivity contribution in [2.75, 3.05) is 0 Å². The number of halogens is 1. The Morgan fingerprint density at radius 1 is 0.968 bits per heavy atom. The molecule has 3 aromatic rings. The minimum Gasteiger partial charge on any atom is -0.489 e. The highest BCUT2D eigenvalue weighted by Crippen LogP contribution is 2.22. The molecule has 3 aromatic carbocycles. The third-order valence-electron chi connectivity index (χ3n) is 4.95. The number of benzene rings is 3. The van der Waals surface area contributed by atoms with Crippen LogP contribution in [0, 0.1) is 0 Å². The first-order valence-electron chi connectivity index (χ1n) is 10.1. The second-order valence-corrected chi connectivity index (χ2v) is 8.51. The van der Waals surface area contributed by atoms with Gasteiger partial charge in [0.25, 0.3) is 0 Å². The highest BCUT2D eigenvalue weighted by molar-refractivity contribution is 9.10. The first-order valence-corrected chi connectivity index (χ1v) is 10.9. The van der Waals surface area contributed by atoms with Crippen molar-refractivity contribution in [1.29, 1.82) is 0 Å². The highest BCUT2D eigenvalue weighted by Gasteiger charge is 2.24. The van der Waals surface area contributed by atoms with Gasteiger partial charge in [-0.25, -0.2) is 9.79 Å². The Kier molecular flexibility index (Phi) is 6.33. The second kappa shape index (κ2) is 9.31. The van der Waals surface area contributed by atoms with Crippen LogP contribution < -0.4 is 4.74 Å². The van der Waals surface area contributed by atoms with Crippen molar-refractivity contribution < 1.29 is 14.3 Å². The van der Waals surface area contributed by atoms with E-state index in [9.17, 15) is 4.79 Å². The zero-order valence-electron chi connectivity index (χ0n) is 17.3. The maximum Gasteiger partial charge on any atom is 0.363 e. The van der Waals surface area contributed by atoms with E-state index < -0.39 is 5.97 Å². The lowest BCUT2D eigenvalue weighted by atomic mass is 10.0. The molecule has 0 saturated carbocycles. The van der Waals surface area contributed by atoms with Crippen molar-refractivity contribution in [1.82, 2.24) is 0 Å². The van der Waals surface area contributed by atoms with Crippen LogP contribution >= 0.6 is 15.9 Å². The van der Waals surface area contributed by atoms with Gasteiger partial charge < -0.3 is 9.47 Å². The van der Waals surface area contributed by atoms with Gasteiger partial charge in [-0.05, 0) is 65.1 Å². The van der Waals surface area contributed by atoms with Crippen molar-refractivity contribution >= 4 is 33.9 Å². The molecule has 0 fully saturated rings. The van der Waals surface area contributed by atoms with E-state index >= 15 is 0 Å². The molecule has 0 N–H and O–H groups in total. The topological polar surface area (TPSA) is 47.9 Å². The summed E-state index contributed by atoms with van der Waals surface area (Å²) in [6.45, 7) is 4.77. The Morgan fingerprint density at radius 3 is 2.29 bits per heavy atom. The first-order chi connectivity index (χ1) is 15.0. The molecule has 0 spiro atoms. The monoisotopic (exact) mass is 475 g/mol. The molecule has 0 bridgehead atoms. The summed E-state index contributed by atoms with van der Waals surface area (Å²) in [6, 6.07) is 23.5. The normalized spacial score (nSPS) is 14.6. The standard InChI is InChI=1S/C26H22BrNO3/c1-17(2)20-7-9-21(10-8-20)25-28-24(26(29)31-25)15-18-5-13-23(14-6-18)30-16-19-3-11-22(27)12-4-19/h3-15,17H,16H2,1-2H3/b24-15-. The lowest BCUT2D eigenvalue weighted by Gasteiger charge is -2.06. The number of rotatable bonds is 6. The molecule has 5 heteroatoms. The molecule has 1 aliphatic heterocycles. The van der Waals surface area contributed by atoms with Gasteiger partial charge in [0.1, 0.15) is 12.4 Å². The molecule has 0 saturated heterocycles. The average molecular weight is 476 g/mol. The molecule has 0 atom stereocenters. The minimum atomic E-state index is -0.446. The van der Waals surface area contributed by atoms with E-state index in [-0.39, 0.29) is 5.70 Å². The molecular weight excluding hydrogens is 454 g/mol. The van der Waals surface area contributed by atoms with Gasteiger partial charge in [0.15, 0.2) is 5.70 Å². The molecular formula is C26H22BrNO3. The maximum absolute atomic E-state index is 12.3. The molecule has 31 heavy (non-hydrogen) atoms. The van der Waals surface area contributed by atoms with E-state index in [1.807, 2.05) is 72.8 Å². The molecule has 0 amide bonds. The van der Waals surface area contributed by atoms with E-state index in [1.165, 1.54) is 5.56 Å². The number of esters is 1. The molecule has 4 nitrogen and oxygen atoms in total. The molecule has 1 aliphatic rings. The second-order valence-electron chi connectivity index (χ2n) is 7.60. The number of ether oxygens (including phenoxy) is 2. The molecule has 0 radical (unpaired) electrons. The van der Waals surface area contributed by atoms with E-state index in [1.54, 1.807) is 6.08 Å². The van der Waals surface area contributed by atoms with E-state index in [0.717, 1.165) is 26.9 Å². The Morgan fingerprint density at radius 2 is 1.65 bits per heavy atom. The van der Waals surface area contributed by atoms with Crippen molar-refractivity contribution in [3.63, 3.8) is 0 Å². The van der Waals surface area contributed by atoms with Crippen LogP contribution in [-0.4, -0.2) is 11.9 Å². The van der Waals surface area contributed by atoms with Crippen molar-refractivity contribution in [2.45, 2.75) is 26.4 Å². The van der Waals surface area contributed by atoms with Gasteiger partial charge in [-0.2, -0.15) is 0 Å². The molecule has 0 aromatic heterocycles. The van der Waals surface area contributed by atoms with Gasteiger partial charge in [-0.1, -0.05) is 66.2 Å². The Hall–Kier alpha value is -3.18. The minimum absolute atomic E-state index is 0.284. The van der Waals surface area contributed by atoms with E-state index in [4.69, 9.17) is 9.47 Å². The lowest BCUT2D eigenvalue weighted by molar-refractivity contribution is -0.129. The van der Waals surface area contributed by atoms with Crippen LogP contribution in [0.25, 0.3) is 6.08 Å². The largest absolute Gasteiger partial charge is 0.489 e. The third-order valence-corrected chi connectivity index (χ3v) is 5.48. The van der Waals surface area contributed by atoms with Gasteiger partial charge in [0.2, 0.25) is 5.90 Å². The van der Waals surface area contributed by atoms with Crippen LogP contribution in [0.5, 0.6) is 5.75 Å². The van der Waals surface area contributed by atoms with Gasteiger partial charge in [-0.15, -0.1) is 0 Å². The van der Waals surface area contributed by atoms with Gasteiger partial charge in [0.05, 0.1) is 0 Å². The summed E-state index contributed by atoms with van der Waals surface area (Å²) < 4.78 is 12.2. The summed E-state index contributed by atoms with van der Waals surface area (Å²) >= 11 is 3.43. The number of aliphatic imine (C=N–C) groups is 1. The number of hydrogen-bond donors (Lipinski definition) is 0. The zero-order chi connectivity index (χ0) is 21.8. The number of carbonyl (C=O) groups excluding carboxylic acids is 1. The third kappa shape index (κ3) is 5.30. The predicted octanol–water partition coefficient (Wildman–Crippen LogP) is 6.50. The predicted molar refractivity (Wildman–Crippen MR) is 126 cm³/mol. The summed E-state index contributed by atoms with van der Waals surface area (Å²) in [4.78, 5) is 16.6. The Balaban J connectivity index is 1.43. The summed E-state index contributed by atoms with van der Waals surface area (Å²) in [5.74, 6) is 1.09. The molecule has 4 rings (SSSR count). The molecule has 0 unspecified atom stereocenters. The Labute approximate surface area is 190 Å². The zero-order valence-corrected chi connectivity index (χ0v) is 18.9. The number of nitrogens with zero attached hydrogens (tertiary/aromatic N) is 1. The van der Waals surface area contributed by atoms with Gasteiger partial charge in [-0.3, -0.25) is 0 Å². The van der Waals surface area contributed by atoms with Crippen LogP contribution in [0.15, 0.2) is 88.0 Å². The fraction of sp³-hybridized carbons (Fsp3) is 0.154. The first kappa shape index (κ1) is 21.1. The van der Waals surface area contributed by atoms with Crippen LogP contribution in [0.3, 0.4) is 0 Å². The molecule has 156 valence electrons.